The topological polar surface area (TPSA) is 103 Å². The van der Waals surface area contributed by atoms with Gasteiger partial charge in [-0.2, -0.15) is 0 Å². The van der Waals surface area contributed by atoms with Gasteiger partial charge in [-0.3, -0.25) is 9.98 Å². The zero-order valence-corrected chi connectivity index (χ0v) is 14.9. The zero-order valence-electron chi connectivity index (χ0n) is 14.9. The minimum absolute atomic E-state index is 0.433. The highest BCUT2D eigenvalue weighted by Crippen LogP contribution is 2.03. The van der Waals surface area contributed by atoms with Gasteiger partial charge in [0.15, 0.2) is 5.49 Å². The number of nitrogens with zero attached hydrogens (tertiary/aromatic N) is 4. The van der Waals surface area contributed by atoms with Gasteiger partial charge in [-0.25, -0.2) is 9.98 Å². The summed E-state index contributed by atoms with van der Waals surface area (Å²) in [5.74, 6) is 0. The van der Waals surface area contributed by atoms with Crippen molar-refractivity contribution in [3.8, 4) is 0 Å². The number of aromatic nitrogens is 2. The number of hydrogen-bond acceptors (Lipinski definition) is 6. The molecule has 4 heterocycles. The summed E-state index contributed by atoms with van der Waals surface area (Å²) in [5.41, 5.74) is 11.7. The number of fused-ring (bicyclic) bond motifs is 2. The third-order valence-corrected chi connectivity index (χ3v) is 3.80. The van der Waals surface area contributed by atoms with E-state index < -0.39 is 11.1 Å². The molecule has 0 aromatic carbocycles. The van der Waals surface area contributed by atoms with Crippen LogP contribution in [0, 0.1) is 0 Å². The van der Waals surface area contributed by atoms with Crippen LogP contribution in [0.15, 0.2) is 58.9 Å². The summed E-state index contributed by atoms with van der Waals surface area (Å²) < 4.78 is 0. The predicted molar refractivity (Wildman–Crippen MR) is 105 cm³/mol. The maximum atomic E-state index is 5.96. The number of hydrogen-bond donors (Lipinski definition) is 2. The minimum atomic E-state index is -0.481. The van der Waals surface area contributed by atoms with E-state index in [2.05, 4.69) is 20.0 Å². The first-order valence-corrected chi connectivity index (χ1v) is 8.30. The molecule has 2 aromatic rings. The molecule has 0 amide bonds. The van der Waals surface area contributed by atoms with E-state index in [4.69, 9.17) is 11.5 Å². The highest BCUT2D eigenvalue weighted by Gasteiger charge is 2.12. The molecule has 0 saturated carbocycles. The lowest BCUT2D eigenvalue weighted by Gasteiger charge is -2.12. The normalized spacial score (nSPS) is 25.4. The summed E-state index contributed by atoms with van der Waals surface area (Å²) in [6.07, 6.45) is 14.4. The Balaban J connectivity index is 0.000000151. The van der Waals surface area contributed by atoms with Gasteiger partial charge in [-0.15, -0.1) is 0 Å². The van der Waals surface area contributed by atoms with Crippen LogP contribution in [0.25, 0.3) is 18.4 Å². The fraction of sp³-hybridized carbons (Fsp3) is 0.200. The standard InChI is InChI=1S/2C10H11N3/c1-10(11)4-6-13-9-8(7-10)3-2-5-12-9;1-10(11)5-8-3-2-4-13-9(8)6-12-7-10/h2*2-7H,11H2,1H3. The molecule has 0 aliphatic carbocycles. The third kappa shape index (κ3) is 4.56. The van der Waals surface area contributed by atoms with Gasteiger partial charge in [0.05, 0.1) is 22.6 Å². The van der Waals surface area contributed by atoms with E-state index in [-0.39, 0.29) is 0 Å². The van der Waals surface area contributed by atoms with Crippen molar-refractivity contribution in [2.75, 3.05) is 0 Å². The van der Waals surface area contributed by atoms with Crippen LogP contribution in [0.2, 0.25) is 0 Å². The molecule has 6 heteroatoms. The Labute approximate surface area is 151 Å². The van der Waals surface area contributed by atoms with Crippen molar-refractivity contribution in [3.05, 3.63) is 70.2 Å². The van der Waals surface area contributed by atoms with Crippen LogP contribution < -0.4 is 32.7 Å². The van der Waals surface area contributed by atoms with Crippen molar-refractivity contribution in [2.45, 2.75) is 24.9 Å². The van der Waals surface area contributed by atoms with Crippen LogP contribution in [0.3, 0.4) is 0 Å². The maximum Gasteiger partial charge on any atom is 0.158 e. The Hall–Kier alpha value is -2.96. The van der Waals surface area contributed by atoms with Gasteiger partial charge in [0, 0.05) is 30.0 Å². The third-order valence-electron chi connectivity index (χ3n) is 3.80. The first-order valence-electron chi connectivity index (χ1n) is 8.30. The second-order valence-corrected chi connectivity index (χ2v) is 6.77. The second-order valence-electron chi connectivity index (χ2n) is 6.77. The van der Waals surface area contributed by atoms with Gasteiger partial charge < -0.3 is 11.5 Å². The minimum Gasteiger partial charge on any atom is -0.319 e. The number of rotatable bonds is 0. The highest BCUT2D eigenvalue weighted by atomic mass is 14.8. The van der Waals surface area contributed by atoms with E-state index in [0.29, 0.717) is 0 Å². The van der Waals surface area contributed by atoms with Gasteiger partial charge in [-0.1, -0.05) is 18.2 Å². The Bertz CT molecular complexity index is 1000. The first-order chi connectivity index (χ1) is 12.3. The lowest BCUT2D eigenvalue weighted by Crippen LogP contribution is -2.38. The average Bonchev–Trinajstić information content (AvgIpc) is 2.83. The van der Waals surface area contributed by atoms with E-state index >= 15 is 0 Å². The molecule has 0 saturated heterocycles. The summed E-state index contributed by atoms with van der Waals surface area (Å²) in [6, 6.07) is 7.72. The van der Waals surface area contributed by atoms with Gasteiger partial charge in [0.1, 0.15) is 0 Å². The van der Waals surface area contributed by atoms with Gasteiger partial charge in [-0.05, 0) is 43.3 Å². The van der Waals surface area contributed by atoms with Crippen molar-refractivity contribution >= 4 is 24.6 Å². The van der Waals surface area contributed by atoms with Gasteiger partial charge >= 0.3 is 0 Å². The average molecular weight is 346 g/mol. The molecule has 0 fully saturated rings. The van der Waals surface area contributed by atoms with Crippen molar-refractivity contribution < 1.29 is 0 Å². The lowest BCUT2D eigenvalue weighted by molar-refractivity contribution is 0.776. The Morgan fingerprint density at radius 1 is 0.885 bits per heavy atom. The van der Waals surface area contributed by atoms with E-state index in [1.54, 1.807) is 31.0 Å². The van der Waals surface area contributed by atoms with Gasteiger partial charge in [0.2, 0.25) is 0 Å². The predicted octanol–water partition coefficient (Wildman–Crippen LogP) is -0.872. The maximum absolute atomic E-state index is 5.96. The molecule has 0 bridgehead atoms. The lowest BCUT2D eigenvalue weighted by atomic mass is 10.0. The fourth-order valence-corrected chi connectivity index (χ4v) is 2.58. The van der Waals surface area contributed by atoms with Crippen LogP contribution in [0.1, 0.15) is 13.8 Å². The van der Waals surface area contributed by atoms with E-state index in [1.807, 2.05) is 56.3 Å². The Kier molecular flexibility index (Phi) is 4.88. The molecule has 0 radical (unpaired) electrons. The second kappa shape index (κ2) is 7.11. The van der Waals surface area contributed by atoms with Crippen LogP contribution in [0.5, 0.6) is 0 Å². The Morgan fingerprint density at radius 3 is 2.38 bits per heavy atom. The molecular formula is C20H22N6. The molecule has 2 aromatic heterocycles. The van der Waals surface area contributed by atoms with E-state index in [0.717, 1.165) is 21.3 Å². The smallest absolute Gasteiger partial charge is 0.158 e. The van der Waals surface area contributed by atoms with Crippen molar-refractivity contribution in [1.29, 1.82) is 0 Å². The quantitative estimate of drug-likeness (QED) is 0.647. The molecule has 2 unspecified atom stereocenters. The molecular weight excluding hydrogens is 324 g/mol. The largest absolute Gasteiger partial charge is 0.319 e. The molecule has 4 rings (SSSR count). The van der Waals surface area contributed by atoms with Crippen LogP contribution in [0.4, 0.5) is 0 Å². The summed E-state index contributed by atoms with van der Waals surface area (Å²) in [4.78, 5) is 16.6. The van der Waals surface area contributed by atoms with E-state index in [1.165, 1.54) is 0 Å². The highest BCUT2D eigenvalue weighted by molar-refractivity contribution is 5.81. The summed E-state index contributed by atoms with van der Waals surface area (Å²) in [5, 5.41) is 2.88. The molecule has 2 atom stereocenters. The van der Waals surface area contributed by atoms with E-state index in [9.17, 15) is 0 Å². The molecule has 132 valence electrons. The van der Waals surface area contributed by atoms with Crippen LogP contribution >= 0.6 is 0 Å². The number of aliphatic imine (C=N–C) groups is 1. The van der Waals surface area contributed by atoms with Gasteiger partial charge in [0.25, 0.3) is 0 Å². The Morgan fingerprint density at radius 2 is 1.58 bits per heavy atom. The first kappa shape index (κ1) is 17.8. The van der Waals surface area contributed by atoms with Crippen molar-refractivity contribution in [2.24, 2.45) is 21.5 Å². The van der Waals surface area contributed by atoms with Crippen LogP contribution in [-0.4, -0.2) is 27.3 Å². The molecule has 2 aliphatic rings. The number of pyridine rings is 2. The molecule has 6 nitrogen and oxygen atoms in total. The SMILES string of the molecule is CC1(N)C=CN=c2ncccc2=C1.CC1(N)C=NC=c2ncccc2=C1. The summed E-state index contributed by atoms with van der Waals surface area (Å²) >= 11 is 0. The molecule has 4 N–H and O–H groups in total. The molecule has 2 aliphatic heterocycles. The van der Waals surface area contributed by atoms with Crippen molar-refractivity contribution in [3.63, 3.8) is 0 Å². The fourth-order valence-electron chi connectivity index (χ4n) is 2.58. The molecule has 0 spiro atoms. The zero-order chi connectivity index (χ0) is 18.6. The van der Waals surface area contributed by atoms with Crippen LogP contribution in [-0.2, 0) is 0 Å². The monoisotopic (exact) mass is 346 g/mol. The summed E-state index contributed by atoms with van der Waals surface area (Å²) in [6.45, 7) is 3.84. The summed E-state index contributed by atoms with van der Waals surface area (Å²) in [7, 11) is 0. The van der Waals surface area contributed by atoms with Crippen molar-refractivity contribution in [1.82, 2.24) is 9.97 Å². The molecule has 26 heavy (non-hydrogen) atoms. The number of nitrogens with two attached hydrogens (primary N) is 2.